The van der Waals surface area contributed by atoms with Crippen molar-refractivity contribution >= 4 is 15.8 Å². The largest absolute Gasteiger partial charge is 0.366 e. The van der Waals surface area contributed by atoms with Crippen molar-refractivity contribution in [2.75, 3.05) is 18.4 Å². The third-order valence-electron chi connectivity index (χ3n) is 4.92. The van der Waals surface area contributed by atoms with E-state index in [2.05, 4.69) is 15.5 Å². The molecule has 1 aliphatic heterocycles. The second kappa shape index (κ2) is 6.62. The van der Waals surface area contributed by atoms with Gasteiger partial charge in [-0.05, 0) is 37.8 Å². The van der Waals surface area contributed by atoms with Crippen LogP contribution in [-0.2, 0) is 10.0 Å². The summed E-state index contributed by atoms with van der Waals surface area (Å²) in [6, 6.07) is 5.34. The Kier molecular flexibility index (Phi) is 4.44. The van der Waals surface area contributed by atoms with Gasteiger partial charge in [0.1, 0.15) is 17.5 Å². The van der Waals surface area contributed by atoms with E-state index < -0.39 is 21.7 Å². The molecule has 4 rings (SSSR count). The van der Waals surface area contributed by atoms with Gasteiger partial charge in [-0.3, -0.25) is 5.10 Å². The van der Waals surface area contributed by atoms with Crippen LogP contribution in [0.4, 0.5) is 14.6 Å². The van der Waals surface area contributed by atoms with E-state index >= 15 is 0 Å². The highest BCUT2D eigenvalue weighted by Crippen LogP contribution is 2.33. The molecule has 9 heteroatoms. The molecule has 2 aliphatic rings. The summed E-state index contributed by atoms with van der Waals surface area (Å²) in [6.07, 6.45) is 2.87. The Hall–Kier alpha value is -2.00. The lowest BCUT2D eigenvalue weighted by atomic mass is 10.1. The van der Waals surface area contributed by atoms with Crippen LogP contribution in [0.2, 0.25) is 0 Å². The molecular weight excluding hydrogens is 362 g/mol. The molecule has 0 amide bonds. The SMILES string of the molecule is O=S(=O)(C1CC1)N1CCC(Nc2cc(-c3c(F)cccc3F)[nH]n2)CC1. The van der Waals surface area contributed by atoms with Gasteiger partial charge in [-0.2, -0.15) is 5.10 Å². The van der Waals surface area contributed by atoms with Gasteiger partial charge in [-0.25, -0.2) is 21.5 Å². The highest BCUT2D eigenvalue weighted by atomic mass is 32.2. The Bertz CT molecular complexity index is 883. The minimum atomic E-state index is -3.13. The minimum Gasteiger partial charge on any atom is -0.366 e. The predicted octanol–water partition coefficient (Wildman–Crippen LogP) is 2.72. The number of sulfonamides is 1. The van der Waals surface area contributed by atoms with Crippen LogP contribution in [0.15, 0.2) is 24.3 Å². The number of piperidine rings is 1. The van der Waals surface area contributed by atoms with Gasteiger partial charge in [-0.15, -0.1) is 0 Å². The van der Waals surface area contributed by atoms with Crippen molar-refractivity contribution in [3.05, 3.63) is 35.9 Å². The number of nitrogens with zero attached hydrogens (tertiary/aromatic N) is 2. The molecule has 1 aromatic heterocycles. The van der Waals surface area contributed by atoms with Crippen LogP contribution < -0.4 is 5.32 Å². The third kappa shape index (κ3) is 3.33. The zero-order chi connectivity index (χ0) is 18.3. The van der Waals surface area contributed by atoms with Crippen LogP contribution in [0.5, 0.6) is 0 Å². The summed E-state index contributed by atoms with van der Waals surface area (Å²) in [5, 5.41) is 9.76. The van der Waals surface area contributed by atoms with E-state index in [1.807, 2.05) is 0 Å². The van der Waals surface area contributed by atoms with E-state index in [9.17, 15) is 17.2 Å². The zero-order valence-corrected chi connectivity index (χ0v) is 14.9. The van der Waals surface area contributed by atoms with Crippen molar-refractivity contribution in [3.8, 4) is 11.3 Å². The Morgan fingerprint density at radius 3 is 2.38 bits per heavy atom. The highest BCUT2D eigenvalue weighted by Gasteiger charge is 2.41. The lowest BCUT2D eigenvalue weighted by Crippen LogP contribution is -2.43. The summed E-state index contributed by atoms with van der Waals surface area (Å²) in [6.45, 7) is 0.964. The van der Waals surface area contributed by atoms with Gasteiger partial charge >= 0.3 is 0 Å². The predicted molar refractivity (Wildman–Crippen MR) is 94.1 cm³/mol. The van der Waals surface area contributed by atoms with Crippen molar-refractivity contribution in [2.24, 2.45) is 0 Å². The van der Waals surface area contributed by atoms with Crippen molar-refractivity contribution in [2.45, 2.75) is 37.0 Å². The summed E-state index contributed by atoms with van der Waals surface area (Å²) in [4.78, 5) is 0. The molecule has 2 aromatic rings. The van der Waals surface area contributed by atoms with Crippen LogP contribution >= 0.6 is 0 Å². The molecule has 0 atom stereocenters. The Labute approximate surface area is 150 Å². The van der Waals surface area contributed by atoms with Gasteiger partial charge in [0.2, 0.25) is 10.0 Å². The molecule has 26 heavy (non-hydrogen) atoms. The average molecular weight is 382 g/mol. The van der Waals surface area contributed by atoms with Crippen molar-refractivity contribution in [1.82, 2.24) is 14.5 Å². The van der Waals surface area contributed by atoms with Gasteiger partial charge in [0.05, 0.1) is 16.5 Å². The summed E-state index contributed by atoms with van der Waals surface area (Å²) in [5.41, 5.74) is 0.121. The molecule has 6 nitrogen and oxygen atoms in total. The molecule has 0 spiro atoms. The van der Waals surface area contributed by atoms with Gasteiger partial charge in [0, 0.05) is 25.2 Å². The normalized spacial score (nSPS) is 19.6. The number of halogens is 2. The fourth-order valence-corrected chi connectivity index (χ4v) is 5.19. The van der Waals surface area contributed by atoms with Crippen LogP contribution in [0.3, 0.4) is 0 Å². The zero-order valence-electron chi connectivity index (χ0n) is 14.1. The smallest absolute Gasteiger partial charge is 0.216 e. The van der Waals surface area contributed by atoms with E-state index in [0.717, 1.165) is 12.8 Å². The highest BCUT2D eigenvalue weighted by molar-refractivity contribution is 7.90. The molecule has 0 unspecified atom stereocenters. The molecule has 1 saturated carbocycles. The molecule has 2 fully saturated rings. The second-order valence-electron chi connectivity index (χ2n) is 6.83. The molecular formula is C17H20F2N4O2S. The van der Waals surface area contributed by atoms with Crippen LogP contribution in [0.25, 0.3) is 11.3 Å². The average Bonchev–Trinajstić information content (AvgIpc) is 3.38. The molecule has 0 radical (unpaired) electrons. The van der Waals surface area contributed by atoms with Crippen molar-refractivity contribution in [3.63, 3.8) is 0 Å². The summed E-state index contributed by atoms with van der Waals surface area (Å²) >= 11 is 0. The molecule has 0 bridgehead atoms. The van der Waals surface area contributed by atoms with E-state index in [4.69, 9.17) is 0 Å². The third-order valence-corrected chi connectivity index (χ3v) is 7.32. The van der Waals surface area contributed by atoms with Gasteiger partial charge in [0.15, 0.2) is 0 Å². The van der Waals surface area contributed by atoms with Crippen LogP contribution in [0, 0.1) is 11.6 Å². The van der Waals surface area contributed by atoms with Crippen LogP contribution in [0.1, 0.15) is 25.7 Å². The lowest BCUT2D eigenvalue weighted by Gasteiger charge is -2.31. The summed E-state index contributed by atoms with van der Waals surface area (Å²) in [5.74, 6) is -0.816. The quantitative estimate of drug-likeness (QED) is 0.834. The molecule has 2 heterocycles. The fraction of sp³-hybridized carbons (Fsp3) is 0.471. The Morgan fingerprint density at radius 1 is 1.12 bits per heavy atom. The Morgan fingerprint density at radius 2 is 1.77 bits per heavy atom. The maximum atomic E-state index is 13.9. The number of nitrogens with one attached hydrogen (secondary N) is 2. The van der Waals surface area contributed by atoms with Crippen molar-refractivity contribution < 1.29 is 17.2 Å². The second-order valence-corrected chi connectivity index (χ2v) is 9.04. The Balaban J connectivity index is 1.40. The van der Waals surface area contributed by atoms with Gasteiger partial charge in [-0.1, -0.05) is 6.07 Å². The topological polar surface area (TPSA) is 78.1 Å². The standard InChI is InChI=1S/C17H20F2N4O2S/c18-13-2-1-3-14(19)17(13)15-10-16(22-21-15)20-11-6-8-23(9-7-11)26(24,25)12-4-5-12/h1-3,10-12H,4-9H2,(H2,20,21,22). The minimum absolute atomic E-state index is 0.0715. The number of hydrogen-bond acceptors (Lipinski definition) is 4. The summed E-state index contributed by atoms with van der Waals surface area (Å²) in [7, 11) is -3.13. The van der Waals surface area contributed by atoms with Gasteiger partial charge in [0.25, 0.3) is 0 Å². The first-order valence-corrected chi connectivity index (χ1v) is 10.2. The first kappa shape index (κ1) is 17.4. The molecule has 1 saturated heterocycles. The first-order valence-electron chi connectivity index (χ1n) is 8.70. The van der Waals surface area contributed by atoms with Crippen molar-refractivity contribution in [1.29, 1.82) is 0 Å². The number of anilines is 1. The van der Waals surface area contributed by atoms with E-state index in [1.54, 1.807) is 10.4 Å². The first-order chi connectivity index (χ1) is 12.4. The van der Waals surface area contributed by atoms with Crippen LogP contribution in [-0.4, -0.2) is 47.3 Å². The summed E-state index contributed by atoms with van der Waals surface area (Å²) < 4.78 is 53.8. The van der Waals surface area contributed by atoms with E-state index in [0.29, 0.717) is 31.7 Å². The number of hydrogen-bond donors (Lipinski definition) is 2. The molecule has 140 valence electrons. The monoisotopic (exact) mass is 382 g/mol. The number of rotatable bonds is 5. The van der Waals surface area contributed by atoms with E-state index in [1.165, 1.54) is 18.2 Å². The van der Waals surface area contributed by atoms with Gasteiger partial charge < -0.3 is 5.32 Å². The maximum Gasteiger partial charge on any atom is 0.216 e. The number of H-pyrrole nitrogens is 1. The van der Waals surface area contributed by atoms with E-state index in [-0.39, 0.29) is 22.5 Å². The molecule has 2 N–H and O–H groups in total. The molecule has 1 aliphatic carbocycles. The fourth-order valence-electron chi connectivity index (χ4n) is 3.32. The number of aromatic nitrogens is 2. The number of aromatic amines is 1. The molecule has 1 aromatic carbocycles. The number of benzene rings is 1. The lowest BCUT2D eigenvalue weighted by molar-refractivity contribution is 0.329. The maximum absolute atomic E-state index is 13.9.